The van der Waals surface area contributed by atoms with Crippen LogP contribution in [0, 0.1) is 5.92 Å². The van der Waals surface area contributed by atoms with Crippen LogP contribution in [-0.2, 0) is 4.74 Å². The number of nitrogens with two attached hydrogens (primary N) is 1. The summed E-state index contributed by atoms with van der Waals surface area (Å²) in [5, 5.41) is 0. The Bertz CT molecular complexity index is 328. The summed E-state index contributed by atoms with van der Waals surface area (Å²) in [5.74, 6) is 0.965. The van der Waals surface area contributed by atoms with Gasteiger partial charge in [0.1, 0.15) is 0 Å². The minimum atomic E-state index is 0.373. The highest BCUT2D eigenvalue weighted by molar-refractivity contribution is 9.10. The van der Waals surface area contributed by atoms with E-state index in [4.69, 9.17) is 10.5 Å². The Morgan fingerprint density at radius 3 is 2.59 bits per heavy atom. The van der Waals surface area contributed by atoms with Gasteiger partial charge in [-0.3, -0.25) is 0 Å². The monoisotopic (exact) mass is 299 g/mol. The Morgan fingerprint density at radius 2 is 2.00 bits per heavy atom. The Balaban J connectivity index is 2.46. The average Bonchev–Trinajstić information content (AvgIpc) is 2.30. The first-order valence-corrected chi connectivity index (χ1v) is 6.96. The van der Waals surface area contributed by atoms with Crippen LogP contribution in [0.3, 0.4) is 0 Å². The summed E-state index contributed by atoms with van der Waals surface area (Å²) >= 11 is 3.57. The summed E-state index contributed by atoms with van der Waals surface area (Å²) in [7, 11) is 0. The van der Waals surface area contributed by atoms with Crippen molar-refractivity contribution < 1.29 is 4.74 Å². The molecule has 0 aliphatic heterocycles. The van der Waals surface area contributed by atoms with Crippen LogP contribution >= 0.6 is 15.9 Å². The molecule has 0 saturated heterocycles. The van der Waals surface area contributed by atoms with Crippen molar-refractivity contribution in [3.63, 3.8) is 0 Å². The number of benzene rings is 1. The van der Waals surface area contributed by atoms with Gasteiger partial charge in [0.25, 0.3) is 0 Å². The molecule has 0 saturated carbocycles. The summed E-state index contributed by atoms with van der Waals surface area (Å²) in [6.45, 7) is 6.59. The molecule has 3 heteroatoms. The van der Waals surface area contributed by atoms with E-state index in [2.05, 4.69) is 48.0 Å². The van der Waals surface area contributed by atoms with E-state index in [0.717, 1.165) is 24.1 Å². The molecule has 2 N–H and O–H groups in total. The standard InChI is InChI=1S/C14H22BrNO/c1-11(2)10-17-8-7-12(9-16)13-5-3-4-6-14(13)15/h3-6,11-12H,7-10,16H2,1-2H3. The summed E-state index contributed by atoms with van der Waals surface area (Å²) in [6.07, 6.45) is 0.978. The van der Waals surface area contributed by atoms with Crippen LogP contribution in [0.1, 0.15) is 31.7 Å². The van der Waals surface area contributed by atoms with Gasteiger partial charge in [0.2, 0.25) is 0 Å². The molecule has 1 unspecified atom stereocenters. The zero-order chi connectivity index (χ0) is 12.7. The molecule has 0 amide bonds. The van der Waals surface area contributed by atoms with Crippen molar-refractivity contribution in [2.24, 2.45) is 11.7 Å². The molecule has 2 nitrogen and oxygen atoms in total. The van der Waals surface area contributed by atoms with Crippen LogP contribution in [0.4, 0.5) is 0 Å². The fraction of sp³-hybridized carbons (Fsp3) is 0.571. The van der Waals surface area contributed by atoms with E-state index >= 15 is 0 Å². The minimum Gasteiger partial charge on any atom is -0.381 e. The summed E-state index contributed by atoms with van der Waals surface area (Å²) < 4.78 is 6.76. The third-order valence-electron chi connectivity index (χ3n) is 2.69. The first-order valence-electron chi connectivity index (χ1n) is 6.17. The van der Waals surface area contributed by atoms with Gasteiger partial charge in [0, 0.05) is 17.7 Å². The lowest BCUT2D eigenvalue weighted by Gasteiger charge is -2.17. The van der Waals surface area contributed by atoms with Crippen molar-refractivity contribution in [3.8, 4) is 0 Å². The normalized spacial score (nSPS) is 13.0. The van der Waals surface area contributed by atoms with Crippen LogP contribution in [0.2, 0.25) is 0 Å². The number of ether oxygens (including phenoxy) is 1. The highest BCUT2D eigenvalue weighted by atomic mass is 79.9. The van der Waals surface area contributed by atoms with E-state index in [1.54, 1.807) is 0 Å². The van der Waals surface area contributed by atoms with Crippen molar-refractivity contribution in [1.82, 2.24) is 0 Å². The topological polar surface area (TPSA) is 35.2 Å². The second-order valence-electron chi connectivity index (χ2n) is 4.71. The number of hydrogen-bond donors (Lipinski definition) is 1. The molecule has 0 bridgehead atoms. The lowest BCUT2D eigenvalue weighted by atomic mass is 9.96. The second kappa shape index (κ2) is 7.85. The molecule has 1 aromatic carbocycles. The van der Waals surface area contributed by atoms with E-state index in [9.17, 15) is 0 Å². The Morgan fingerprint density at radius 1 is 1.29 bits per heavy atom. The molecule has 0 aliphatic carbocycles. The number of halogens is 1. The van der Waals surface area contributed by atoms with Crippen LogP contribution in [0.25, 0.3) is 0 Å². The molecule has 0 heterocycles. The zero-order valence-electron chi connectivity index (χ0n) is 10.7. The fourth-order valence-electron chi connectivity index (χ4n) is 1.75. The molecule has 1 atom stereocenters. The van der Waals surface area contributed by atoms with Crippen molar-refractivity contribution >= 4 is 15.9 Å². The highest BCUT2D eigenvalue weighted by Gasteiger charge is 2.12. The van der Waals surface area contributed by atoms with Crippen molar-refractivity contribution in [2.75, 3.05) is 19.8 Å². The van der Waals surface area contributed by atoms with Gasteiger partial charge in [-0.1, -0.05) is 48.0 Å². The largest absolute Gasteiger partial charge is 0.381 e. The van der Waals surface area contributed by atoms with Crippen LogP contribution in [0.5, 0.6) is 0 Å². The maximum absolute atomic E-state index is 5.84. The average molecular weight is 300 g/mol. The van der Waals surface area contributed by atoms with Gasteiger partial charge in [-0.15, -0.1) is 0 Å². The molecule has 0 aromatic heterocycles. The Kier molecular flexibility index (Phi) is 6.78. The van der Waals surface area contributed by atoms with Crippen LogP contribution in [0.15, 0.2) is 28.7 Å². The predicted octanol–water partition coefficient (Wildman–Crippen LogP) is 3.55. The van der Waals surface area contributed by atoms with E-state index in [-0.39, 0.29) is 0 Å². The number of hydrogen-bond acceptors (Lipinski definition) is 2. The summed E-state index contributed by atoms with van der Waals surface area (Å²) in [6, 6.07) is 8.27. The smallest absolute Gasteiger partial charge is 0.0488 e. The SMILES string of the molecule is CC(C)COCCC(CN)c1ccccc1Br. The molecular formula is C14H22BrNO. The Labute approximate surface area is 113 Å². The molecule has 0 spiro atoms. The number of rotatable bonds is 7. The summed E-state index contributed by atoms with van der Waals surface area (Å²) in [5.41, 5.74) is 7.12. The molecule has 96 valence electrons. The molecular weight excluding hydrogens is 278 g/mol. The molecule has 17 heavy (non-hydrogen) atoms. The van der Waals surface area contributed by atoms with E-state index in [0.29, 0.717) is 18.4 Å². The molecule has 1 aromatic rings. The fourth-order valence-corrected chi connectivity index (χ4v) is 2.36. The van der Waals surface area contributed by atoms with Crippen molar-refractivity contribution in [2.45, 2.75) is 26.2 Å². The molecule has 1 rings (SSSR count). The first-order chi connectivity index (χ1) is 8.15. The first kappa shape index (κ1) is 14.7. The van der Waals surface area contributed by atoms with Gasteiger partial charge in [0.15, 0.2) is 0 Å². The quantitative estimate of drug-likeness (QED) is 0.782. The minimum absolute atomic E-state index is 0.373. The molecule has 0 fully saturated rings. The van der Waals surface area contributed by atoms with Gasteiger partial charge in [-0.2, -0.15) is 0 Å². The third-order valence-corrected chi connectivity index (χ3v) is 3.41. The maximum Gasteiger partial charge on any atom is 0.0488 e. The third kappa shape index (κ3) is 5.19. The maximum atomic E-state index is 5.84. The van der Waals surface area contributed by atoms with E-state index < -0.39 is 0 Å². The molecule has 0 aliphatic rings. The van der Waals surface area contributed by atoms with Crippen LogP contribution in [-0.4, -0.2) is 19.8 Å². The van der Waals surface area contributed by atoms with Crippen molar-refractivity contribution in [3.05, 3.63) is 34.3 Å². The van der Waals surface area contributed by atoms with Gasteiger partial charge in [-0.25, -0.2) is 0 Å². The van der Waals surface area contributed by atoms with Crippen LogP contribution < -0.4 is 5.73 Å². The van der Waals surface area contributed by atoms with E-state index in [1.807, 2.05) is 6.07 Å². The zero-order valence-corrected chi connectivity index (χ0v) is 12.2. The lowest BCUT2D eigenvalue weighted by Crippen LogP contribution is -2.16. The van der Waals surface area contributed by atoms with Gasteiger partial charge >= 0.3 is 0 Å². The summed E-state index contributed by atoms with van der Waals surface area (Å²) in [4.78, 5) is 0. The Hall–Kier alpha value is -0.380. The predicted molar refractivity (Wildman–Crippen MR) is 76.2 cm³/mol. The van der Waals surface area contributed by atoms with Gasteiger partial charge < -0.3 is 10.5 Å². The van der Waals surface area contributed by atoms with Crippen molar-refractivity contribution in [1.29, 1.82) is 0 Å². The second-order valence-corrected chi connectivity index (χ2v) is 5.57. The van der Waals surface area contributed by atoms with Gasteiger partial charge in [-0.05, 0) is 36.4 Å². The van der Waals surface area contributed by atoms with E-state index in [1.165, 1.54) is 5.56 Å². The highest BCUT2D eigenvalue weighted by Crippen LogP contribution is 2.26. The lowest BCUT2D eigenvalue weighted by molar-refractivity contribution is 0.104. The van der Waals surface area contributed by atoms with Gasteiger partial charge in [0.05, 0.1) is 0 Å². The molecule has 0 radical (unpaired) electrons.